The zero-order valence-corrected chi connectivity index (χ0v) is 15.0. The molecule has 0 radical (unpaired) electrons. The van der Waals surface area contributed by atoms with Gasteiger partial charge in [0.05, 0.1) is 7.11 Å². The molecule has 1 saturated heterocycles. The Balaban J connectivity index is 1.50. The molecule has 1 N–H and O–H groups in total. The molecule has 3 aromatic rings. The molecule has 0 spiro atoms. The van der Waals surface area contributed by atoms with Gasteiger partial charge in [-0.2, -0.15) is 0 Å². The molecule has 27 heavy (non-hydrogen) atoms. The number of carbonyl (C=O) groups is 2. The fourth-order valence-electron chi connectivity index (χ4n) is 3.37. The highest BCUT2D eigenvalue weighted by molar-refractivity contribution is 6.01. The van der Waals surface area contributed by atoms with Crippen molar-refractivity contribution in [2.24, 2.45) is 0 Å². The number of imidazole rings is 1. The Kier molecular flexibility index (Phi) is 4.50. The van der Waals surface area contributed by atoms with Gasteiger partial charge in [0.2, 0.25) is 5.91 Å². The lowest BCUT2D eigenvalue weighted by molar-refractivity contribution is -0.119. The van der Waals surface area contributed by atoms with Gasteiger partial charge in [0.15, 0.2) is 0 Å². The minimum absolute atomic E-state index is 0.185. The van der Waals surface area contributed by atoms with Crippen LogP contribution >= 0.6 is 0 Å². The lowest BCUT2D eigenvalue weighted by atomic mass is 10.2. The number of benzene rings is 1. The van der Waals surface area contributed by atoms with E-state index in [1.54, 1.807) is 46.9 Å². The van der Waals surface area contributed by atoms with Crippen LogP contribution in [0, 0.1) is 0 Å². The average molecular weight is 364 g/mol. The summed E-state index contributed by atoms with van der Waals surface area (Å²) in [4.78, 5) is 31.6. The van der Waals surface area contributed by atoms with Crippen LogP contribution in [0.2, 0.25) is 0 Å². The van der Waals surface area contributed by atoms with E-state index in [-0.39, 0.29) is 11.8 Å². The Morgan fingerprint density at radius 1 is 1.19 bits per heavy atom. The second-order valence-corrected chi connectivity index (χ2v) is 6.47. The molecule has 2 aromatic heterocycles. The van der Waals surface area contributed by atoms with Crippen molar-refractivity contribution in [3.63, 3.8) is 0 Å². The summed E-state index contributed by atoms with van der Waals surface area (Å²) in [6, 6.07) is 12.2. The van der Waals surface area contributed by atoms with Crippen LogP contribution in [-0.4, -0.2) is 45.8 Å². The number of methoxy groups -OCH3 is 1. The molecule has 0 aliphatic carbocycles. The first-order valence-electron chi connectivity index (χ1n) is 8.85. The van der Waals surface area contributed by atoms with E-state index in [1.165, 1.54) is 0 Å². The number of carbonyl (C=O) groups excluding carboxylic acids is 2. The quantitative estimate of drug-likeness (QED) is 0.772. The van der Waals surface area contributed by atoms with Crippen molar-refractivity contribution in [2.45, 2.75) is 18.9 Å². The third-order valence-electron chi connectivity index (χ3n) is 4.76. The van der Waals surface area contributed by atoms with Crippen molar-refractivity contribution in [2.75, 3.05) is 19.0 Å². The van der Waals surface area contributed by atoms with Gasteiger partial charge in [0.1, 0.15) is 23.1 Å². The fraction of sp³-hybridized carbons (Fsp3) is 0.250. The summed E-state index contributed by atoms with van der Waals surface area (Å²) < 4.78 is 6.92. The molecule has 3 heterocycles. The third kappa shape index (κ3) is 3.36. The topological polar surface area (TPSA) is 75.9 Å². The first-order chi connectivity index (χ1) is 13.2. The van der Waals surface area contributed by atoms with Gasteiger partial charge < -0.3 is 19.4 Å². The predicted octanol–water partition coefficient (Wildman–Crippen LogP) is 2.59. The number of pyridine rings is 1. The summed E-state index contributed by atoms with van der Waals surface area (Å²) in [5.41, 5.74) is 1.73. The summed E-state index contributed by atoms with van der Waals surface area (Å²) in [5.74, 6) is 0.318. The first kappa shape index (κ1) is 17.1. The summed E-state index contributed by atoms with van der Waals surface area (Å²) >= 11 is 0. The highest BCUT2D eigenvalue weighted by Crippen LogP contribution is 2.22. The molecule has 7 nitrogen and oxygen atoms in total. The lowest BCUT2D eigenvalue weighted by Crippen LogP contribution is -2.43. The van der Waals surface area contributed by atoms with Gasteiger partial charge in [-0.25, -0.2) is 4.98 Å². The minimum Gasteiger partial charge on any atom is -0.497 e. The average Bonchev–Trinajstić information content (AvgIpc) is 3.35. The molecule has 1 atom stereocenters. The molecule has 1 aliphatic heterocycles. The van der Waals surface area contributed by atoms with Crippen molar-refractivity contribution in [3.05, 3.63) is 60.6 Å². The van der Waals surface area contributed by atoms with Gasteiger partial charge >= 0.3 is 0 Å². The SMILES string of the molecule is COc1ccc(NC(=O)C2CCCN2C(=O)c2cn3ccccc3n2)cc1. The Morgan fingerprint density at radius 3 is 2.74 bits per heavy atom. The molecule has 0 saturated carbocycles. The van der Waals surface area contributed by atoms with Crippen molar-refractivity contribution < 1.29 is 14.3 Å². The zero-order valence-electron chi connectivity index (χ0n) is 15.0. The smallest absolute Gasteiger partial charge is 0.274 e. The lowest BCUT2D eigenvalue weighted by Gasteiger charge is -2.23. The van der Waals surface area contributed by atoms with E-state index in [2.05, 4.69) is 10.3 Å². The third-order valence-corrected chi connectivity index (χ3v) is 4.76. The largest absolute Gasteiger partial charge is 0.497 e. The fourth-order valence-corrected chi connectivity index (χ4v) is 3.37. The number of nitrogens with one attached hydrogen (secondary N) is 1. The maximum absolute atomic E-state index is 12.9. The summed E-state index contributed by atoms with van der Waals surface area (Å²) in [7, 11) is 1.59. The minimum atomic E-state index is -0.496. The van der Waals surface area contributed by atoms with Gasteiger partial charge in [-0.15, -0.1) is 0 Å². The van der Waals surface area contributed by atoms with Crippen LogP contribution in [0.15, 0.2) is 54.9 Å². The zero-order chi connectivity index (χ0) is 18.8. The second-order valence-electron chi connectivity index (χ2n) is 6.47. The van der Waals surface area contributed by atoms with E-state index in [1.807, 2.05) is 24.4 Å². The van der Waals surface area contributed by atoms with Crippen LogP contribution < -0.4 is 10.1 Å². The molecule has 7 heteroatoms. The molecular formula is C20H20N4O3. The van der Waals surface area contributed by atoms with Crippen LogP contribution in [-0.2, 0) is 4.79 Å². The van der Waals surface area contributed by atoms with Crippen LogP contribution in [0.4, 0.5) is 5.69 Å². The molecule has 1 fully saturated rings. The van der Waals surface area contributed by atoms with E-state index in [9.17, 15) is 9.59 Å². The number of anilines is 1. The van der Waals surface area contributed by atoms with Gasteiger partial charge in [0, 0.05) is 24.6 Å². The number of amides is 2. The van der Waals surface area contributed by atoms with E-state index in [0.717, 1.165) is 12.2 Å². The number of fused-ring (bicyclic) bond motifs is 1. The van der Waals surface area contributed by atoms with Gasteiger partial charge in [-0.3, -0.25) is 9.59 Å². The van der Waals surface area contributed by atoms with Crippen molar-refractivity contribution in [3.8, 4) is 5.75 Å². The van der Waals surface area contributed by atoms with Gasteiger partial charge in [0.25, 0.3) is 5.91 Å². The molecule has 138 valence electrons. The summed E-state index contributed by atoms with van der Waals surface area (Å²) in [6.45, 7) is 0.549. The Bertz CT molecular complexity index is 947. The van der Waals surface area contributed by atoms with Crippen LogP contribution in [0.3, 0.4) is 0 Å². The number of rotatable bonds is 4. The van der Waals surface area contributed by atoms with Crippen molar-refractivity contribution >= 4 is 23.1 Å². The first-order valence-corrected chi connectivity index (χ1v) is 8.85. The van der Waals surface area contributed by atoms with Crippen LogP contribution in [0.25, 0.3) is 5.65 Å². The summed E-state index contributed by atoms with van der Waals surface area (Å²) in [6.07, 6.45) is 4.98. The van der Waals surface area contributed by atoms with E-state index >= 15 is 0 Å². The highest BCUT2D eigenvalue weighted by atomic mass is 16.5. The van der Waals surface area contributed by atoms with Crippen molar-refractivity contribution in [1.82, 2.24) is 14.3 Å². The van der Waals surface area contributed by atoms with E-state index in [4.69, 9.17) is 4.74 Å². The molecule has 1 aliphatic rings. The van der Waals surface area contributed by atoms with Gasteiger partial charge in [-0.05, 0) is 49.2 Å². The number of aromatic nitrogens is 2. The second kappa shape index (κ2) is 7.11. The number of hydrogen-bond acceptors (Lipinski definition) is 4. The molecule has 4 rings (SSSR count). The van der Waals surface area contributed by atoms with Crippen LogP contribution in [0.1, 0.15) is 23.3 Å². The molecule has 2 amide bonds. The summed E-state index contributed by atoms with van der Waals surface area (Å²) in [5, 5.41) is 2.88. The molecule has 0 bridgehead atoms. The number of likely N-dealkylation sites (tertiary alicyclic amines) is 1. The Hall–Kier alpha value is -3.35. The predicted molar refractivity (Wildman–Crippen MR) is 101 cm³/mol. The van der Waals surface area contributed by atoms with Crippen LogP contribution in [0.5, 0.6) is 5.75 Å². The number of hydrogen-bond donors (Lipinski definition) is 1. The molecular weight excluding hydrogens is 344 g/mol. The number of nitrogens with zero attached hydrogens (tertiary/aromatic N) is 3. The Morgan fingerprint density at radius 2 is 2.00 bits per heavy atom. The monoisotopic (exact) mass is 364 g/mol. The Labute approximate surface area is 156 Å². The standard InChI is InChI=1S/C20H20N4O3/c1-27-15-9-7-14(8-10-15)21-19(25)17-5-4-12-24(17)20(26)16-13-23-11-3-2-6-18(23)22-16/h2-3,6-11,13,17H,4-5,12H2,1H3,(H,21,25). The van der Waals surface area contributed by atoms with E-state index in [0.29, 0.717) is 30.0 Å². The molecule has 1 unspecified atom stereocenters. The van der Waals surface area contributed by atoms with Crippen molar-refractivity contribution in [1.29, 1.82) is 0 Å². The van der Waals surface area contributed by atoms with E-state index < -0.39 is 6.04 Å². The molecule has 1 aromatic carbocycles. The van der Waals surface area contributed by atoms with Gasteiger partial charge in [-0.1, -0.05) is 6.07 Å². The maximum Gasteiger partial charge on any atom is 0.274 e. The normalized spacial score (nSPS) is 16.5. The number of ether oxygens (including phenoxy) is 1. The maximum atomic E-state index is 12.9. The highest BCUT2D eigenvalue weighted by Gasteiger charge is 2.35.